The van der Waals surface area contributed by atoms with Crippen molar-refractivity contribution in [2.24, 2.45) is 0 Å². The Morgan fingerprint density at radius 3 is 2.56 bits per heavy atom. The van der Waals surface area contributed by atoms with Gasteiger partial charge < -0.3 is 4.90 Å². The largest absolute Gasteiger partial charge is 0.308 e. The fraction of sp³-hybridized carbons (Fsp3) is 0.200. The molecule has 3 heteroatoms. The molecule has 92 valence electrons. The van der Waals surface area contributed by atoms with Gasteiger partial charge in [0.05, 0.1) is 6.54 Å². The standard InChI is InChI=1S/C15H16N2O/c1-12-10-15(8-9-16-12)17(13(2)18)11-14-6-4-3-5-7-14/h3-10H,11H2,1-2H3. The lowest BCUT2D eigenvalue weighted by atomic mass is 10.2. The third-order valence-corrected chi connectivity index (χ3v) is 2.76. The van der Waals surface area contributed by atoms with E-state index in [0.29, 0.717) is 6.54 Å². The zero-order chi connectivity index (χ0) is 13.0. The molecule has 18 heavy (non-hydrogen) atoms. The maximum absolute atomic E-state index is 11.8. The van der Waals surface area contributed by atoms with Crippen LogP contribution in [0.3, 0.4) is 0 Å². The van der Waals surface area contributed by atoms with E-state index in [0.717, 1.165) is 16.9 Å². The molecule has 0 atom stereocenters. The lowest BCUT2D eigenvalue weighted by molar-refractivity contribution is -0.116. The number of nitrogens with zero attached hydrogens (tertiary/aromatic N) is 2. The molecule has 0 aliphatic rings. The first kappa shape index (κ1) is 12.3. The lowest BCUT2D eigenvalue weighted by Gasteiger charge is -2.21. The predicted molar refractivity (Wildman–Crippen MR) is 72.3 cm³/mol. The number of carbonyl (C=O) groups is 1. The second-order valence-electron chi connectivity index (χ2n) is 4.25. The summed E-state index contributed by atoms with van der Waals surface area (Å²) in [6.07, 6.45) is 1.73. The SMILES string of the molecule is CC(=O)N(Cc1ccccc1)c1ccnc(C)c1. The average molecular weight is 240 g/mol. The number of aryl methyl sites for hydroxylation is 1. The molecule has 0 aliphatic heterocycles. The van der Waals surface area contributed by atoms with Crippen molar-refractivity contribution >= 4 is 11.6 Å². The number of amides is 1. The van der Waals surface area contributed by atoms with E-state index in [1.165, 1.54) is 0 Å². The number of benzene rings is 1. The molecule has 0 spiro atoms. The number of pyridine rings is 1. The average Bonchev–Trinajstić information content (AvgIpc) is 2.37. The summed E-state index contributed by atoms with van der Waals surface area (Å²) in [7, 11) is 0. The molecule has 0 bridgehead atoms. The molecule has 0 fully saturated rings. The highest BCUT2D eigenvalue weighted by Crippen LogP contribution is 2.17. The Labute approximate surface area is 107 Å². The monoisotopic (exact) mass is 240 g/mol. The van der Waals surface area contributed by atoms with Crippen LogP contribution in [0.4, 0.5) is 5.69 Å². The number of aromatic nitrogens is 1. The maximum atomic E-state index is 11.8. The molecule has 0 radical (unpaired) electrons. The van der Waals surface area contributed by atoms with E-state index >= 15 is 0 Å². The van der Waals surface area contributed by atoms with E-state index in [2.05, 4.69) is 4.98 Å². The van der Waals surface area contributed by atoms with Gasteiger partial charge in [-0.1, -0.05) is 30.3 Å². The summed E-state index contributed by atoms with van der Waals surface area (Å²) in [5.41, 5.74) is 2.91. The Balaban J connectivity index is 2.27. The van der Waals surface area contributed by atoms with Gasteiger partial charge in [-0.3, -0.25) is 9.78 Å². The molecular weight excluding hydrogens is 224 g/mol. The van der Waals surface area contributed by atoms with Gasteiger partial charge in [0, 0.05) is 24.5 Å². The molecule has 0 unspecified atom stereocenters. The van der Waals surface area contributed by atoms with E-state index in [1.54, 1.807) is 18.0 Å². The fourth-order valence-corrected chi connectivity index (χ4v) is 1.85. The first-order valence-electron chi connectivity index (χ1n) is 5.91. The maximum Gasteiger partial charge on any atom is 0.224 e. The van der Waals surface area contributed by atoms with Gasteiger partial charge in [-0.25, -0.2) is 0 Å². The van der Waals surface area contributed by atoms with Crippen molar-refractivity contribution in [3.8, 4) is 0 Å². The van der Waals surface area contributed by atoms with Crippen LogP contribution < -0.4 is 4.90 Å². The molecule has 0 N–H and O–H groups in total. The van der Waals surface area contributed by atoms with Gasteiger partial charge >= 0.3 is 0 Å². The van der Waals surface area contributed by atoms with Crippen molar-refractivity contribution in [3.05, 3.63) is 59.9 Å². The van der Waals surface area contributed by atoms with Crippen molar-refractivity contribution in [1.82, 2.24) is 4.98 Å². The second kappa shape index (κ2) is 5.45. The normalized spacial score (nSPS) is 10.1. The zero-order valence-corrected chi connectivity index (χ0v) is 10.6. The quantitative estimate of drug-likeness (QED) is 0.826. The van der Waals surface area contributed by atoms with Gasteiger partial charge in [-0.05, 0) is 24.6 Å². The van der Waals surface area contributed by atoms with Crippen molar-refractivity contribution in [3.63, 3.8) is 0 Å². The highest BCUT2D eigenvalue weighted by molar-refractivity contribution is 5.91. The molecular formula is C15H16N2O. The molecule has 1 amide bonds. The summed E-state index contributed by atoms with van der Waals surface area (Å²) < 4.78 is 0. The molecule has 3 nitrogen and oxygen atoms in total. The zero-order valence-electron chi connectivity index (χ0n) is 10.6. The first-order valence-corrected chi connectivity index (χ1v) is 5.91. The van der Waals surface area contributed by atoms with Crippen molar-refractivity contribution in [1.29, 1.82) is 0 Å². The minimum Gasteiger partial charge on any atom is -0.308 e. The van der Waals surface area contributed by atoms with Crippen molar-refractivity contribution in [2.75, 3.05) is 4.90 Å². The summed E-state index contributed by atoms with van der Waals surface area (Å²) in [5, 5.41) is 0. The van der Waals surface area contributed by atoms with Crippen LogP contribution in [-0.4, -0.2) is 10.9 Å². The van der Waals surface area contributed by atoms with Gasteiger partial charge in [0.2, 0.25) is 5.91 Å². The summed E-state index contributed by atoms with van der Waals surface area (Å²) in [4.78, 5) is 17.7. The van der Waals surface area contributed by atoms with Crippen molar-refractivity contribution < 1.29 is 4.79 Å². The third kappa shape index (κ3) is 2.94. The van der Waals surface area contributed by atoms with Crippen LogP contribution in [0.15, 0.2) is 48.7 Å². The summed E-state index contributed by atoms with van der Waals surface area (Å²) in [6, 6.07) is 13.7. The number of carbonyl (C=O) groups excluding carboxylic acids is 1. The van der Waals surface area contributed by atoms with Gasteiger partial charge in [0.25, 0.3) is 0 Å². The van der Waals surface area contributed by atoms with Crippen LogP contribution in [0, 0.1) is 6.92 Å². The Morgan fingerprint density at radius 2 is 1.94 bits per heavy atom. The van der Waals surface area contributed by atoms with Crippen LogP contribution >= 0.6 is 0 Å². The molecule has 0 saturated heterocycles. The van der Waals surface area contributed by atoms with Crippen LogP contribution in [0.5, 0.6) is 0 Å². The number of hydrogen-bond acceptors (Lipinski definition) is 2. The van der Waals surface area contributed by atoms with Crippen LogP contribution in [0.2, 0.25) is 0 Å². The van der Waals surface area contributed by atoms with E-state index < -0.39 is 0 Å². The minimum atomic E-state index is 0.0319. The van der Waals surface area contributed by atoms with Crippen molar-refractivity contribution in [2.45, 2.75) is 20.4 Å². The van der Waals surface area contributed by atoms with Crippen LogP contribution in [0.25, 0.3) is 0 Å². The van der Waals surface area contributed by atoms with Crippen LogP contribution in [-0.2, 0) is 11.3 Å². The summed E-state index contributed by atoms with van der Waals surface area (Å²) >= 11 is 0. The topological polar surface area (TPSA) is 33.2 Å². The summed E-state index contributed by atoms with van der Waals surface area (Å²) in [6.45, 7) is 4.09. The van der Waals surface area contributed by atoms with Gasteiger partial charge in [0.15, 0.2) is 0 Å². The minimum absolute atomic E-state index is 0.0319. The lowest BCUT2D eigenvalue weighted by Crippen LogP contribution is -2.27. The number of rotatable bonds is 3. The Bertz CT molecular complexity index is 537. The third-order valence-electron chi connectivity index (χ3n) is 2.76. The highest BCUT2D eigenvalue weighted by Gasteiger charge is 2.12. The summed E-state index contributed by atoms with van der Waals surface area (Å²) in [5.74, 6) is 0.0319. The highest BCUT2D eigenvalue weighted by atomic mass is 16.2. The molecule has 2 rings (SSSR count). The first-order chi connectivity index (χ1) is 8.66. The van der Waals surface area contributed by atoms with Gasteiger partial charge in [-0.15, -0.1) is 0 Å². The Hall–Kier alpha value is -2.16. The van der Waals surface area contributed by atoms with E-state index in [9.17, 15) is 4.79 Å². The predicted octanol–water partition coefficient (Wildman–Crippen LogP) is 2.94. The van der Waals surface area contributed by atoms with E-state index in [1.807, 2.05) is 49.4 Å². The Morgan fingerprint density at radius 1 is 1.22 bits per heavy atom. The number of anilines is 1. The number of hydrogen-bond donors (Lipinski definition) is 0. The molecule has 1 aromatic carbocycles. The smallest absolute Gasteiger partial charge is 0.224 e. The molecule has 1 heterocycles. The molecule has 1 aromatic heterocycles. The molecule has 2 aromatic rings. The van der Waals surface area contributed by atoms with Gasteiger partial charge in [-0.2, -0.15) is 0 Å². The van der Waals surface area contributed by atoms with Gasteiger partial charge in [0.1, 0.15) is 0 Å². The van der Waals surface area contributed by atoms with Crippen LogP contribution in [0.1, 0.15) is 18.2 Å². The van der Waals surface area contributed by atoms with E-state index in [4.69, 9.17) is 0 Å². The fourth-order valence-electron chi connectivity index (χ4n) is 1.85. The molecule has 0 saturated carbocycles. The molecule has 0 aliphatic carbocycles. The second-order valence-corrected chi connectivity index (χ2v) is 4.25. The van der Waals surface area contributed by atoms with E-state index in [-0.39, 0.29) is 5.91 Å². The Kier molecular flexibility index (Phi) is 3.72.